The highest BCUT2D eigenvalue weighted by molar-refractivity contribution is 5.69. The van der Waals surface area contributed by atoms with Crippen molar-refractivity contribution in [1.29, 1.82) is 0 Å². The summed E-state index contributed by atoms with van der Waals surface area (Å²) in [6.07, 6.45) is 0. The molecule has 1 aromatic carbocycles. The molecule has 0 saturated heterocycles. The van der Waals surface area contributed by atoms with Crippen LogP contribution in [0.5, 0.6) is 5.75 Å². The van der Waals surface area contributed by atoms with Gasteiger partial charge >= 0.3 is 5.97 Å². The smallest absolute Gasteiger partial charge is 0.307 e. The molecular weight excluding hydrogens is 249 g/mol. The second-order valence-electron chi connectivity index (χ2n) is 4.75. The summed E-state index contributed by atoms with van der Waals surface area (Å²) in [7, 11) is 3.24. The van der Waals surface area contributed by atoms with Crippen LogP contribution in [0.1, 0.15) is 25.5 Å². The van der Waals surface area contributed by atoms with Crippen LogP contribution < -0.4 is 4.74 Å². The number of carbonyl (C=O) groups is 1. The minimum absolute atomic E-state index is 0.0674. The summed E-state index contributed by atoms with van der Waals surface area (Å²) in [5.74, 6) is -1.50. The van der Waals surface area contributed by atoms with Gasteiger partial charge in [-0.3, -0.25) is 9.69 Å². The average molecular weight is 269 g/mol. The maximum Gasteiger partial charge on any atom is 0.307 e. The minimum atomic E-state index is -0.833. The maximum atomic E-state index is 13.6. The van der Waals surface area contributed by atoms with Crippen molar-refractivity contribution < 1.29 is 19.0 Å². The van der Waals surface area contributed by atoms with E-state index < -0.39 is 17.7 Å². The van der Waals surface area contributed by atoms with Gasteiger partial charge in [0.1, 0.15) is 0 Å². The summed E-state index contributed by atoms with van der Waals surface area (Å²) < 4.78 is 18.5. The fourth-order valence-electron chi connectivity index (χ4n) is 1.87. The number of ether oxygens (including phenoxy) is 1. The van der Waals surface area contributed by atoms with Crippen molar-refractivity contribution >= 4 is 5.97 Å². The van der Waals surface area contributed by atoms with Gasteiger partial charge in [0.05, 0.1) is 13.0 Å². The number of aliphatic carboxylic acids is 1. The third-order valence-corrected chi connectivity index (χ3v) is 3.30. The van der Waals surface area contributed by atoms with Crippen molar-refractivity contribution in [1.82, 2.24) is 4.90 Å². The van der Waals surface area contributed by atoms with Gasteiger partial charge in [-0.25, -0.2) is 4.39 Å². The van der Waals surface area contributed by atoms with Crippen LogP contribution in [0.4, 0.5) is 4.39 Å². The standard InChI is InChI=1S/C14H20FNO3/c1-9(14(17)18)8-16(3)10(2)11-5-6-13(19-4)12(15)7-11/h5-7,9-10H,8H2,1-4H3,(H,17,18). The monoisotopic (exact) mass is 269 g/mol. The first-order valence-corrected chi connectivity index (χ1v) is 6.13. The number of hydrogen-bond acceptors (Lipinski definition) is 3. The quantitative estimate of drug-likeness (QED) is 0.862. The Morgan fingerprint density at radius 1 is 1.47 bits per heavy atom. The lowest BCUT2D eigenvalue weighted by molar-refractivity contribution is -0.141. The van der Waals surface area contributed by atoms with E-state index in [-0.39, 0.29) is 11.8 Å². The summed E-state index contributed by atoms with van der Waals surface area (Å²) in [6.45, 7) is 3.97. The molecule has 1 aromatic rings. The highest BCUT2D eigenvalue weighted by Crippen LogP contribution is 2.25. The number of hydrogen-bond donors (Lipinski definition) is 1. The van der Waals surface area contributed by atoms with Crippen LogP contribution in [0.2, 0.25) is 0 Å². The van der Waals surface area contributed by atoms with E-state index in [4.69, 9.17) is 9.84 Å². The van der Waals surface area contributed by atoms with Crippen LogP contribution in [-0.4, -0.2) is 36.7 Å². The first-order valence-electron chi connectivity index (χ1n) is 6.13. The van der Waals surface area contributed by atoms with Crippen molar-refractivity contribution in [3.05, 3.63) is 29.6 Å². The molecule has 4 nitrogen and oxygen atoms in total. The predicted molar refractivity (Wildman–Crippen MR) is 70.8 cm³/mol. The fourth-order valence-corrected chi connectivity index (χ4v) is 1.87. The van der Waals surface area contributed by atoms with Gasteiger partial charge in [-0.05, 0) is 31.7 Å². The minimum Gasteiger partial charge on any atom is -0.494 e. The topological polar surface area (TPSA) is 49.8 Å². The summed E-state index contributed by atoms with van der Waals surface area (Å²) in [5.41, 5.74) is 0.790. The second kappa shape index (κ2) is 6.52. The van der Waals surface area contributed by atoms with E-state index in [2.05, 4.69) is 0 Å². The Bertz CT molecular complexity index is 450. The van der Waals surface area contributed by atoms with E-state index in [0.29, 0.717) is 6.54 Å². The Morgan fingerprint density at radius 3 is 2.58 bits per heavy atom. The van der Waals surface area contributed by atoms with Crippen LogP contribution in [0.3, 0.4) is 0 Å². The molecule has 0 fully saturated rings. The van der Waals surface area contributed by atoms with Crippen LogP contribution in [0.25, 0.3) is 0 Å². The predicted octanol–water partition coefficient (Wildman–Crippen LogP) is 2.55. The van der Waals surface area contributed by atoms with E-state index in [1.54, 1.807) is 19.1 Å². The molecule has 0 aliphatic carbocycles. The van der Waals surface area contributed by atoms with Gasteiger partial charge < -0.3 is 9.84 Å². The van der Waals surface area contributed by atoms with E-state index in [9.17, 15) is 9.18 Å². The molecule has 0 saturated carbocycles. The lowest BCUT2D eigenvalue weighted by Crippen LogP contribution is -2.30. The van der Waals surface area contributed by atoms with Crippen LogP contribution >= 0.6 is 0 Å². The summed E-state index contributed by atoms with van der Waals surface area (Å²) in [4.78, 5) is 12.7. The summed E-state index contributed by atoms with van der Waals surface area (Å²) >= 11 is 0. The number of carboxylic acids is 1. The highest BCUT2D eigenvalue weighted by Gasteiger charge is 2.19. The molecule has 0 heterocycles. The molecular formula is C14H20FNO3. The average Bonchev–Trinajstić information content (AvgIpc) is 2.37. The number of nitrogens with zero attached hydrogens (tertiary/aromatic N) is 1. The van der Waals surface area contributed by atoms with Gasteiger partial charge in [-0.1, -0.05) is 13.0 Å². The van der Waals surface area contributed by atoms with Crippen LogP contribution in [-0.2, 0) is 4.79 Å². The third-order valence-electron chi connectivity index (χ3n) is 3.30. The molecule has 0 spiro atoms. The summed E-state index contributed by atoms with van der Waals surface area (Å²) in [5, 5.41) is 8.89. The Kier molecular flexibility index (Phi) is 5.30. The van der Waals surface area contributed by atoms with Gasteiger partial charge in [0.25, 0.3) is 0 Å². The largest absolute Gasteiger partial charge is 0.494 e. The lowest BCUT2D eigenvalue weighted by Gasteiger charge is -2.26. The number of rotatable bonds is 6. The van der Waals surface area contributed by atoms with Crippen molar-refractivity contribution in [2.45, 2.75) is 19.9 Å². The van der Waals surface area contributed by atoms with Crippen molar-refractivity contribution in [2.24, 2.45) is 5.92 Å². The van der Waals surface area contributed by atoms with Crippen molar-refractivity contribution in [2.75, 3.05) is 20.7 Å². The third kappa shape index (κ3) is 3.92. The van der Waals surface area contributed by atoms with Crippen LogP contribution in [0.15, 0.2) is 18.2 Å². The Balaban J connectivity index is 2.79. The molecule has 0 radical (unpaired) electrons. The number of halogens is 1. The summed E-state index contributed by atoms with van der Waals surface area (Å²) in [6, 6.07) is 4.72. The Labute approximate surface area is 112 Å². The first kappa shape index (κ1) is 15.4. The Hall–Kier alpha value is -1.62. The SMILES string of the molecule is COc1ccc(C(C)N(C)CC(C)C(=O)O)cc1F. The molecule has 1 N–H and O–H groups in total. The molecule has 1 rings (SSSR count). The van der Waals surface area contributed by atoms with E-state index in [0.717, 1.165) is 5.56 Å². The van der Waals surface area contributed by atoms with Crippen molar-refractivity contribution in [3.8, 4) is 5.75 Å². The molecule has 0 amide bonds. The van der Waals surface area contributed by atoms with Crippen LogP contribution in [0, 0.1) is 11.7 Å². The maximum absolute atomic E-state index is 13.6. The van der Waals surface area contributed by atoms with Gasteiger partial charge in [0.2, 0.25) is 0 Å². The zero-order valence-corrected chi connectivity index (χ0v) is 11.7. The molecule has 106 valence electrons. The van der Waals surface area contributed by atoms with Gasteiger partial charge in [-0.15, -0.1) is 0 Å². The zero-order valence-electron chi connectivity index (χ0n) is 11.7. The van der Waals surface area contributed by atoms with Gasteiger partial charge in [-0.2, -0.15) is 0 Å². The van der Waals surface area contributed by atoms with Crippen molar-refractivity contribution in [3.63, 3.8) is 0 Å². The second-order valence-corrected chi connectivity index (χ2v) is 4.75. The highest BCUT2D eigenvalue weighted by atomic mass is 19.1. The van der Waals surface area contributed by atoms with E-state index in [1.165, 1.54) is 13.2 Å². The number of carboxylic acid groups (broad SMARTS) is 1. The molecule has 0 bridgehead atoms. The molecule has 2 atom stereocenters. The molecule has 0 aliphatic heterocycles. The normalized spacial score (nSPS) is 14.2. The Morgan fingerprint density at radius 2 is 2.11 bits per heavy atom. The number of benzene rings is 1. The molecule has 2 unspecified atom stereocenters. The van der Waals surface area contributed by atoms with Gasteiger partial charge in [0.15, 0.2) is 11.6 Å². The first-order chi connectivity index (χ1) is 8.86. The fraction of sp³-hybridized carbons (Fsp3) is 0.500. The van der Waals surface area contributed by atoms with E-state index in [1.807, 2.05) is 18.9 Å². The molecule has 0 aromatic heterocycles. The molecule has 19 heavy (non-hydrogen) atoms. The zero-order chi connectivity index (χ0) is 14.6. The van der Waals surface area contributed by atoms with Gasteiger partial charge in [0, 0.05) is 12.6 Å². The molecule has 0 aliphatic rings. The molecule has 5 heteroatoms. The van der Waals surface area contributed by atoms with E-state index >= 15 is 0 Å². The lowest BCUT2D eigenvalue weighted by atomic mass is 10.1. The number of methoxy groups -OCH3 is 1.